The van der Waals surface area contributed by atoms with Gasteiger partial charge in [-0.1, -0.05) is 66.7 Å². The summed E-state index contributed by atoms with van der Waals surface area (Å²) in [6, 6.07) is 34.4. The number of carbonyl (C=O) groups excluding carboxylic acids is 2. The Morgan fingerprint density at radius 1 is 0.745 bits per heavy atom. The predicted octanol–water partition coefficient (Wildman–Crippen LogP) is 8.55. The Morgan fingerprint density at radius 2 is 1.51 bits per heavy atom. The summed E-state index contributed by atoms with van der Waals surface area (Å²) in [6.45, 7) is 3.60. The van der Waals surface area contributed by atoms with Crippen molar-refractivity contribution in [3.63, 3.8) is 0 Å². The van der Waals surface area contributed by atoms with Crippen LogP contribution in [0, 0.1) is 6.92 Å². The molecule has 0 saturated heterocycles. The molecular formula is C44H42N2O5. The number of nitrogens with one attached hydrogen (secondary N) is 1. The largest absolute Gasteiger partial charge is 0.497 e. The number of carbonyl (C=O) groups is 2. The fourth-order valence-electron chi connectivity index (χ4n) is 7.17. The highest BCUT2D eigenvalue weighted by Gasteiger charge is 2.22. The molecule has 0 amide bonds. The molecule has 6 aromatic rings. The highest BCUT2D eigenvalue weighted by Crippen LogP contribution is 2.32. The van der Waals surface area contributed by atoms with E-state index in [1.54, 1.807) is 25.3 Å². The standard InChI is InChI=1S/C44H42N2O5/c1-29-32(19-20-33-8-5-9-34-23-25-45-40(33)34)21-22-39(44(48)50-3)42(29)51-43(47)37-17-14-30(15-18-37)13-16-35-10-6-11-36-24-26-46(41(35)36)28-31-7-4-12-38(27-31)49-2/h4-12,14-15,17-18,21-22,24,26-27,45H,13,16,19-20,23,25,28H2,1-3H3. The second kappa shape index (κ2) is 15.0. The summed E-state index contributed by atoms with van der Waals surface area (Å²) < 4.78 is 18.7. The zero-order chi connectivity index (χ0) is 35.3. The van der Waals surface area contributed by atoms with Gasteiger partial charge in [-0.3, -0.25) is 0 Å². The minimum Gasteiger partial charge on any atom is -0.497 e. The molecule has 7 nitrogen and oxygen atoms in total. The number of ether oxygens (including phenoxy) is 3. The van der Waals surface area contributed by atoms with Gasteiger partial charge in [-0.25, -0.2) is 9.59 Å². The monoisotopic (exact) mass is 678 g/mol. The van der Waals surface area contributed by atoms with E-state index in [0.29, 0.717) is 5.56 Å². The summed E-state index contributed by atoms with van der Waals surface area (Å²) in [5.41, 5.74) is 11.0. The lowest BCUT2D eigenvalue weighted by molar-refractivity contribution is 0.0592. The van der Waals surface area contributed by atoms with E-state index in [1.807, 2.05) is 37.3 Å². The number of nitrogens with zero attached hydrogens (tertiary/aromatic N) is 1. The van der Waals surface area contributed by atoms with E-state index < -0.39 is 11.9 Å². The molecule has 7 heteroatoms. The van der Waals surface area contributed by atoms with Crippen molar-refractivity contribution in [1.82, 2.24) is 4.57 Å². The van der Waals surface area contributed by atoms with Crippen LogP contribution in [0.3, 0.4) is 0 Å². The molecule has 0 bridgehead atoms. The number of esters is 2. The summed E-state index contributed by atoms with van der Waals surface area (Å²) in [5.74, 6) is 0.0350. The topological polar surface area (TPSA) is 78.8 Å². The van der Waals surface area contributed by atoms with Crippen molar-refractivity contribution in [1.29, 1.82) is 0 Å². The first kappa shape index (κ1) is 33.7. The molecule has 51 heavy (non-hydrogen) atoms. The maximum absolute atomic E-state index is 13.5. The minimum absolute atomic E-state index is 0.233. The molecule has 0 unspecified atom stereocenters. The third-order valence-corrected chi connectivity index (χ3v) is 9.95. The summed E-state index contributed by atoms with van der Waals surface area (Å²) in [4.78, 5) is 26.2. The molecule has 258 valence electrons. The third-order valence-electron chi connectivity index (χ3n) is 9.95. The van der Waals surface area contributed by atoms with Crippen molar-refractivity contribution in [2.45, 2.75) is 45.6 Å². The number of fused-ring (bicyclic) bond motifs is 2. The fraction of sp³-hybridized carbons (Fsp3) is 0.227. The lowest BCUT2D eigenvalue weighted by Crippen LogP contribution is -2.14. The van der Waals surface area contributed by atoms with Crippen LogP contribution in [0.1, 0.15) is 59.7 Å². The lowest BCUT2D eigenvalue weighted by atomic mass is 9.96. The lowest BCUT2D eigenvalue weighted by Gasteiger charge is -2.16. The van der Waals surface area contributed by atoms with Gasteiger partial charge in [0.05, 0.1) is 25.3 Å². The van der Waals surface area contributed by atoms with E-state index in [9.17, 15) is 9.59 Å². The summed E-state index contributed by atoms with van der Waals surface area (Å²) in [6.07, 6.45) is 6.40. The van der Waals surface area contributed by atoms with Crippen LogP contribution in [0.4, 0.5) is 5.69 Å². The molecule has 0 spiro atoms. The van der Waals surface area contributed by atoms with Crippen LogP contribution in [0.25, 0.3) is 10.9 Å². The Labute approximate surface area is 298 Å². The molecule has 1 aromatic heterocycles. The van der Waals surface area contributed by atoms with Crippen LogP contribution in [-0.4, -0.2) is 37.3 Å². The normalized spacial score (nSPS) is 12.0. The van der Waals surface area contributed by atoms with Gasteiger partial charge in [-0.15, -0.1) is 0 Å². The van der Waals surface area contributed by atoms with Gasteiger partial charge in [0.1, 0.15) is 17.1 Å². The fourth-order valence-corrected chi connectivity index (χ4v) is 7.17. The Hall–Kier alpha value is -5.82. The maximum Gasteiger partial charge on any atom is 0.343 e. The summed E-state index contributed by atoms with van der Waals surface area (Å²) in [5, 5.41) is 4.72. The van der Waals surface area contributed by atoms with E-state index in [4.69, 9.17) is 14.2 Å². The SMILES string of the molecule is COC(=O)c1ccc(CCc2cccc3c2NCC3)c(C)c1OC(=O)c1ccc(CCc2cccc3ccn(Cc4cccc(OC)c4)c23)cc1. The number of para-hydroxylation sites is 2. The molecule has 5 aromatic carbocycles. The summed E-state index contributed by atoms with van der Waals surface area (Å²) in [7, 11) is 3.02. The quantitative estimate of drug-likeness (QED) is 0.103. The van der Waals surface area contributed by atoms with Gasteiger partial charge in [0.2, 0.25) is 0 Å². The minimum atomic E-state index is -0.544. The zero-order valence-electron chi connectivity index (χ0n) is 29.3. The van der Waals surface area contributed by atoms with Crippen LogP contribution in [0.15, 0.2) is 109 Å². The molecule has 0 radical (unpaired) electrons. The predicted molar refractivity (Wildman–Crippen MR) is 201 cm³/mol. The van der Waals surface area contributed by atoms with Crippen LogP contribution >= 0.6 is 0 Å². The van der Waals surface area contributed by atoms with E-state index in [-0.39, 0.29) is 11.3 Å². The van der Waals surface area contributed by atoms with Crippen LogP contribution in [0.5, 0.6) is 11.5 Å². The third kappa shape index (κ3) is 7.24. The van der Waals surface area contributed by atoms with Crippen molar-refractivity contribution in [2.75, 3.05) is 26.1 Å². The Balaban J connectivity index is 1.05. The Bertz CT molecular complexity index is 2220. The number of rotatable bonds is 12. The van der Waals surface area contributed by atoms with Crippen molar-refractivity contribution in [3.8, 4) is 11.5 Å². The number of benzene rings is 5. The van der Waals surface area contributed by atoms with Crippen molar-refractivity contribution >= 4 is 28.5 Å². The number of methoxy groups -OCH3 is 2. The van der Waals surface area contributed by atoms with Gasteiger partial charge in [-0.2, -0.15) is 0 Å². The molecule has 1 aliphatic heterocycles. The van der Waals surface area contributed by atoms with E-state index in [0.717, 1.165) is 67.6 Å². The number of hydrogen-bond acceptors (Lipinski definition) is 6. The van der Waals surface area contributed by atoms with Crippen molar-refractivity contribution in [3.05, 3.63) is 159 Å². The second-order valence-corrected chi connectivity index (χ2v) is 13.1. The maximum atomic E-state index is 13.5. The molecule has 7 rings (SSSR count). The zero-order valence-corrected chi connectivity index (χ0v) is 29.3. The van der Waals surface area contributed by atoms with E-state index in [1.165, 1.54) is 46.0 Å². The first-order valence-corrected chi connectivity index (χ1v) is 17.5. The second-order valence-electron chi connectivity index (χ2n) is 13.1. The van der Waals surface area contributed by atoms with Gasteiger partial charge in [0.25, 0.3) is 0 Å². The number of aryl methyl sites for hydroxylation is 4. The number of anilines is 1. The first-order valence-electron chi connectivity index (χ1n) is 17.5. The van der Waals surface area contributed by atoms with Gasteiger partial charge in [0, 0.05) is 25.0 Å². The molecule has 0 atom stereocenters. The molecule has 1 N–H and O–H groups in total. The Kier molecular flexibility index (Phi) is 9.88. The van der Waals surface area contributed by atoms with Crippen molar-refractivity contribution in [2.24, 2.45) is 0 Å². The highest BCUT2D eigenvalue weighted by molar-refractivity contribution is 5.97. The molecule has 0 aliphatic carbocycles. The number of hydrogen-bond donors (Lipinski definition) is 1. The van der Waals surface area contributed by atoms with Crippen LogP contribution in [-0.2, 0) is 43.4 Å². The van der Waals surface area contributed by atoms with Gasteiger partial charge < -0.3 is 24.1 Å². The highest BCUT2D eigenvalue weighted by atomic mass is 16.5. The first-order chi connectivity index (χ1) is 24.9. The molecule has 2 heterocycles. The molecule has 0 saturated carbocycles. The van der Waals surface area contributed by atoms with Crippen LogP contribution in [0.2, 0.25) is 0 Å². The average Bonchev–Trinajstić information content (AvgIpc) is 3.82. The molecule has 1 aliphatic rings. The Morgan fingerprint density at radius 3 is 2.33 bits per heavy atom. The smallest absolute Gasteiger partial charge is 0.343 e. The van der Waals surface area contributed by atoms with Gasteiger partial charge in [-0.05, 0) is 120 Å². The van der Waals surface area contributed by atoms with Crippen molar-refractivity contribution < 1.29 is 23.8 Å². The average molecular weight is 679 g/mol. The molecule has 0 fully saturated rings. The van der Waals surface area contributed by atoms with Gasteiger partial charge in [0.15, 0.2) is 0 Å². The van der Waals surface area contributed by atoms with Crippen LogP contribution < -0.4 is 14.8 Å². The molecular weight excluding hydrogens is 636 g/mol. The van der Waals surface area contributed by atoms with E-state index >= 15 is 0 Å². The van der Waals surface area contributed by atoms with Gasteiger partial charge >= 0.3 is 11.9 Å². The number of aromatic nitrogens is 1. The van der Waals surface area contributed by atoms with E-state index in [2.05, 4.69) is 70.7 Å². The summed E-state index contributed by atoms with van der Waals surface area (Å²) >= 11 is 0.